The van der Waals surface area contributed by atoms with Crippen LogP contribution in [0.15, 0.2) is 0 Å². The SMILES string of the molecule is NC12CCC(C(=O)N3CCCC(O)C3)(CC1)CC2. The van der Waals surface area contributed by atoms with Crippen LogP contribution in [0.3, 0.4) is 0 Å². The zero-order chi connectivity index (χ0) is 12.8. The van der Waals surface area contributed by atoms with Crippen molar-refractivity contribution in [3.63, 3.8) is 0 Å². The summed E-state index contributed by atoms with van der Waals surface area (Å²) in [6.07, 6.45) is 7.30. The van der Waals surface area contributed by atoms with Crippen LogP contribution in [0.1, 0.15) is 51.4 Å². The third-order valence-corrected chi connectivity index (χ3v) is 5.44. The van der Waals surface area contributed by atoms with E-state index in [0.717, 1.165) is 57.9 Å². The second kappa shape index (κ2) is 4.20. The average molecular weight is 252 g/mol. The number of β-amino-alcohol motifs (C(OH)–C–C–N with tert-alkyl or cyclic N) is 1. The molecule has 0 spiro atoms. The molecule has 0 aromatic heterocycles. The van der Waals surface area contributed by atoms with Gasteiger partial charge in [-0.15, -0.1) is 0 Å². The average Bonchev–Trinajstić information content (AvgIpc) is 2.39. The Morgan fingerprint density at radius 1 is 1.17 bits per heavy atom. The first-order valence-electron chi connectivity index (χ1n) is 7.29. The molecule has 1 atom stereocenters. The van der Waals surface area contributed by atoms with E-state index in [9.17, 15) is 9.90 Å². The summed E-state index contributed by atoms with van der Waals surface area (Å²) >= 11 is 0. The summed E-state index contributed by atoms with van der Waals surface area (Å²) in [6.45, 7) is 1.36. The molecule has 0 aromatic carbocycles. The van der Waals surface area contributed by atoms with E-state index >= 15 is 0 Å². The normalized spacial score (nSPS) is 44.1. The van der Waals surface area contributed by atoms with Crippen molar-refractivity contribution >= 4 is 5.91 Å². The number of fused-ring (bicyclic) bond motifs is 3. The van der Waals surface area contributed by atoms with Crippen molar-refractivity contribution in [2.45, 2.75) is 63.0 Å². The van der Waals surface area contributed by atoms with Gasteiger partial charge in [0, 0.05) is 24.0 Å². The highest BCUT2D eigenvalue weighted by Crippen LogP contribution is 2.52. The minimum absolute atomic E-state index is 0.0173. The van der Waals surface area contributed by atoms with Crippen molar-refractivity contribution in [2.75, 3.05) is 13.1 Å². The van der Waals surface area contributed by atoms with Crippen molar-refractivity contribution in [3.05, 3.63) is 0 Å². The third kappa shape index (κ3) is 1.95. The van der Waals surface area contributed by atoms with Crippen LogP contribution in [-0.2, 0) is 4.79 Å². The molecule has 3 N–H and O–H groups in total. The molecule has 4 aliphatic rings. The Kier molecular flexibility index (Phi) is 2.90. The van der Waals surface area contributed by atoms with Gasteiger partial charge in [-0.2, -0.15) is 0 Å². The van der Waals surface area contributed by atoms with E-state index < -0.39 is 0 Å². The number of piperidine rings is 1. The molecule has 1 unspecified atom stereocenters. The zero-order valence-corrected chi connectivity index (χ0v) is 11.0. The van der Waals surface area contributed by atoms with Gasteiger partial charge in [-0.1, -0.05) is 0 Å². The van der Waals surface area contributed by atoms with E-state index in [1.165, 1.54) is 0 Å². The van der Waals surface area contributed by atoms with Gasteiger partial charge in [0.15, 0.2) is 0 Å². The molecule has 1 aliphatic heterocycles. The molecule has 4 heteroatoms. The molecule has 4 fully saturated rings. The summed E-state index contributed by atoms with van der Waals surface area (Å²) in [5.74, 6) is 0.294. The number of hydrogen-bond acceptors (Lipinski definition) is 3. The Hall–Kier alpha value is -0.610. The lowest BCUT2D eigenvalue weighted by Crippen LogP contribution is -2.58. The molecule has 1 amide bonds. The van der Waals surface area contributed by atoms with Crippen LogP contribution in [-0.4, -0.2) is 40.6 Å². The second-order valence-corrected chi connectivity index (χ2v) is 6.69. The van der Waals surface area contributed by atoms with Gasteiger partial charge in [-0.05, 0) is 51.4 Å². The first-order valence-corrected chi connectivity index (χ1v) is 7.29. The minimum atomic E-state index is -0.320. The fraction of sp³-hybridized carbons (Fsp3) is 0.929. The summed E-state index contributed by atoms with van der Waals surface area (Å²) in [5, 5.41) is 9.72. The number of hydrogen-bond donors (Lipinski definition) is 2. The lowest BCUT2D eigenvalue weighted by Gasteiger charge is -2.52. The molecule has 102 valence electrons. The zero-order valence-electron chi connectivity index (χ0n) is 11.0. The van der Waals surface area contributed by atoms with E-state index in [4.69, 9.17) is 5.73 Å². The Bertz CT molecular complexity index is 331. The fourth-order valence-corrected chi connectivity index (χ4v) is 4.01. The first kappa shape index (κ1) is 12.4. The molecular formula is C14H24N2O2. The monoisotopic (exact) mass is 252 g/mol. The molecule has 4 rings (SSSR count). The first-order chi connectivity index (χ1) is 8.53. The summed E-state index contributed by atoms with van der Waals surface area (Å²) in [7, 11) is 0. The van der Waals surface area contributed by atoms with Crippen LogP contribution < -0.4 is 5.73 Å². The van der Waals surface area contributed by atoms with Gasteiger partial charge in [-0.3, -0.25) is 4.79 Å². The maximum absolute atomic E-state index is 12.8. The van der Waals surface area contributed by atoms with Gasteiger partial charge in [0.2, 0.25) is 5.91 Å². The predicted octanol–water partition coefficient (Wildman–Crippen LogP) is 1.02. The number of aliphatic hydroxyl groups excluding tert-OH is 1. The van der Waals surface area contributed by atoms with E-state index in [2.05, 4.69) is 0 Å². The molecule has 1 heterocycles. The van der Waals surface area contributed by atoms with Crippen molar-refractivity contribution in [3.8, 4) is 0 Å². The molecule has 3 saturated carbocycles. The molecule has 18 heavy (non-hydrogen) atoms. The number of nitrogens with two attached hydrogens (primary N) is 1. The number of aliphatic hydroxyl groups is 1. The molecule has 4 nitrogen and oxygen atoms in total. The minimum Gasteiger partial charge on any atom is -0.391 e. The quantitative estimate of drug-likeness (QED) is 0.732. The number of nitrogens with zero attached hydrogens (tertiary/aromatic N) is 1. The van der Waals surface area contributed by atoms with E-state index in [1.54, 1.807) is 0 Å². The maximum Gasteiger partial charge on any atom is 0.228 e. The van der Waals surface area contributed by atoms with Crippen LogP contribution in [0.5, 0.6) is 0 Å². The molecule has 2 bridgehead atoms. The topological polar surface area (TPSA) is 66.6 Å². The largest absolute Gasteiger partial charge is 0.391 e. The van der Waals surface area contributed by atoms with Gasteiger partial charge in [0.1, 0.15) is 0 Å². The van der Waals surface area contributed by atoms with E-state index in [1.807, 2.05) is 4.90 Å². The predicted molar refractivity (Wildman–Crippen MR) is 68.9 cm³/mol. The van der Waals surface area contributed by atoms with Gasteiger partial charge in [0.05, 0.1) is 6.10 Å². The van der Waals surface area contributed by atoms with Crippen molar-refractivity contribution in [2.24, 2.45) is 11.1 Å². The fourth-order valence-electron chi connectivity index (χ4n) is 4.01. The maximum atomic E-state index is 12.8. The molecule has 3 aliphatic carbocycles. The Morgan fingerprint density at radius 3 is 2.33 bits per heavy atom. The highest BCUT2D eigenvalue weighted by molar-refractivity contribution is 5.83. The second-order valence-electron chi connectivity index (χ2n) is 6.69. The van der Waals surface area contributed by atoms with Gasteiger partial charge < -0.3 is 15.7 Å². The van der Waals surface area contributed by atoms with E-state index in [-0.39, 0.29) is 17.1 Å². The van der Waals surface area contributed by atoms with Gasteiger partial charge in [-0.25, -0.2) is 0 Å². The summed E-state index contributed by atoms with van der Waals surface area (Å²) in [6, 6.07) is 0. The van der Waals surface area contributed by atoms with Crippen LogP contribution in [0, 0.1) is 5.41 Å². The lowest BCUT2D eigenvalue weighted by molar-refractivity contribution is -0.152. The number of carbonyl (C=O) groups excluding carboxylic acids is 1. The standard InChI is InChI=1S/C14H24N2O2/c15-14-6-3-13(4-7-14,5-8-14)12(18)16-9-1-2-11(17)10-16/h11,17H,1-10,15H2. The van der Waals surface area contributed by atoms with Crippen molar-refractivity contribution < 1.29 is 9.90 Å². The number of amides is 1. The smallest absolute Gasteiger partial charge is 0.228 e. The van der Waals surface area contributed by atoms with Crippen LogP contribution >= 0.6 is 0 Å². The number of likely N-dealkylation sites (tertiary alicyclic amines) is 1. The number of rotatable bonds is 1. The molecule has 1 saturated heterocycles. The number of carbonyl (C=O) groups is 1. The summed E-state index contributed by atoms with van der Waals surface area (Å²) in [5.41, 5.74) is 6.17. The highest BCUT2D eigenvalue weighted by atomic mass is 16.3. The Morgan fingerprint density at radius 2 is 1.78 bits per heavy atom. The van der Waals surface area contributed by atoms with E-state index in [0.29, 0.717) is 12.5 Å². The van der Waals surface area contributed by atoms with Crippen molar-refractivity contribution in [1.82, 2.24) is 4.90 Å². The Balaban J connectivity index is 1.72. The lowest BCUT2D eigenvalue weighted by atomic mass is 9.57. The van der Waals surface area contributed by atoms with Gasteiger partial charge in [0.25, 0.3) is 0 Å². The molecule has 0 radical (unpaired) electrons. The molecular weight excluding hydrogens is 228 g/mol. The third-order valence-electron chi connectivity index (χ3n) is 5.44. The molecule has 0 aromatic rings. The van der Waals surface area contributed by atoms with Crippen molar-refractivity contribution in [1.29, 1.82) is 0 Å². The Labute approximate surface area is 109 Å². The van der Waals surface area contributed by atoms with Crippen LogP contribution in [0.25, 0.3) is 0 Å². The van der Waals surface area contributed by atoms with Gasteiger partial charge >= 0.3 is 0 Å². The van der Waals surface area contributed by atoms with Crippen LogP contribution in [0.2, 0.25) is 0 Å². The van der Waals surface area contributed by atoms with Crippen LogP contribution in [0.4, 0.5) is 0 Å². The highest BCUT2D eigenvalue weighted by Gasteiger charge is 2.52. The summed E-state index contributed by atoms with van der Waals surface area (Å²) in [4.78, 5) is 14.7. The summed E-state index contributed by atoms with van der Waals surface area (Å²) < 4.78 is 0.